The molecule has 1 nitrogen and oxygen atoms in total. The zero-order valence-corrected chi connectivity index (χ0v) is 13.6. The van der Waals surface area contributed by atoms with Crippen LogP contribution >= 0.6 is 15.9 Å². The van der Waals surface area contributed by atoms with E-state index in [4.69, 9.17) is 0 Å². The summed E-state index contributed by atoms with van der Waals surface area (Å²) < 4.78 is 13.8. The maximum atomic E-state index is 13.3. The van der Waals surface area contributed by atoms with Crippen molar-refractivity contribution in [3.8, 4) is 0 Å². The zero-order valence-electron chi connectivity index (χ0n) is 12.0. The minimum absolute atomic E-state index is 0.263. The summed E-state index contributed by atoms with van der Waals surface area (Å²) in [5.74, 6) is 3.48. The molecule has 5 rings (SSSR count). The molecule has 4 aliphatic rings. The van der Waals surface area contributed by atoms with Gasteiger partial charge in [-0.15, -0.1) is 0 Å². The summed E-state index contributed by atoms with van der Waals surface area (Å²) in [6.45, 7) is 0. The predicted molar refractivity (Wildman–Crippen MR) is 83.3 cm³/mol. The third kappa shape index (κ3) is 2.48. The van der Waals surface area contributed by atoms with E-state index in [9.17, 15) is 9.18 Å². The molecule has 0 heterocycles. The Morgan fingerprint density at radius 2 is 1.71 bits per heavy atom. The number of carbonyl (C=O) groups is 1. The van der Waals surface area contributed by atoms with Gasteiger partial charge in [-0.1, -0.05) is 6.07 Å². The Balaban J connectivity index is 1.51. The van der Waals surface area contributed by atoms with Crippen LogP contribution in [0, 0.1) is 35.4 Å². The van der Waals surface area contributed by atoms with Gasteiger partial charge in [0.15, 0.2) is 0 Å². The standard InChI is InChI=1S/C18H20BrFO/c19-15-8-10(1-2-16(15)20)9-17(21)18-13-4-11-3-12(6-13)7-14(18)5-11/h1-2,8,11-14,18H,3-7,9H2. The highest BCUT2D eigenvalue weighted by molar-refractivity contribution is 9.10. The molecular weight excluding hydrogens is 331 g/mol. The highest BCUT2D eigenvalue weighted by atomic mass is 79.9. The van der Waals surface area contributed by atoms with Gasteiger partial charge in [0.1, 0.15) is 11.6 Å². The smallest absolute Gasteiger partial charge is 0.140 e. The van der Waals surface area contributed by atoms with Crippen LogP contribution in [-0.2, 0) is 11.2 Å². The van der Waals surface area contributed by atoms with Gasteiger partial charge in [0, 0.05) is 12.3 Å². The third-order valence-electron chi connectivity index (χ3n) is 5.96. The van der Waals surface area contributed by atoms with E-state index in [-0.39, 0.29) is 11.7 Å². The van der Waals surface area contributed by atoms with Crippen LogP contribution in [0.1, 0.15) is 37.7 Å². The fraction of sp³-hybridized carbons (Fsp3) is 0.611. The van der Waals surface area contributed by atoms with E-state index in [1.54, 1.807) is 12.1 Å². The minimum atomic E-state index is -0.263. The van der Waals surface area contributed by atoms with Crippen molar-refractivity contribution in [1.29, 1.82) is 0 Å². The lowest BCUT2D eigenvalue weighted by Crippen LogP contribution is -2.48. The van der Waals surface area contributed by atoms with Gasteiger partial charge in [0.25, 0.3) is 0 Å². The van der Waals surface area contributed by atoms with Crippen molar-refractivity contribution in [2.45, 2.75) is 38.5 Å². The second-order valence-corrected chi connectivity index (χ2v) is 8.20. The maximum Gasteiger partial charge on any atom is 0.140 e. The van der Waals surface area contributed by atoms with Crippen molar-refractivity contribution in [1.82, 2.24) is 0 Å². The van der Waals surface area contributed by atoms with E-state index in [0.717, 1.165) is 17.4 Å². The van der Waals surface area contributed by atoms with Gasteiger partial charge in [0.2, 0.25) is 0 Å². The summed E-state index contributed by atoms with van der Waals surface area (Å²) in [6, 6.07) is 4.95. The molecule has 1 aromatic carbocycles. The first kappa shape index (κ1) is 13.9. The van der Waals surface area contributed by atoms with Crippen LogP contribution in [0.2, 0.25) is 0 Å². The fourth-order valence-electron chi connectivity index (χ4n) is 5.42. The number of hydrogen-bond donors (Lipinski definition) is 0. The Labute approximate surface area is 133 Å². The number of benzene rings is 1. The average molecular weight is 351 g/mol. The lowest BCUT2D eigenvalue weighted by atomic mass is 9.51. The molecule has 0 aromatic heterocycles. The van der Waals surface area contributed by atoms with Crippen molar-refractivity contribution in [2.75, 3.05) is 0 Å². The van der Waals surface area contributed by atoms with Crippen LogP contribution in [-0.4, -0.2) is 5.78 Å². The number of halogens is 2. The summed E-state index contributed by atoms with van der Waals surface area (Å²) in [4.78, 5) is 12.8. The molecule has 0 atom stereocenters. The van der Waals surface area contributed by atoms with Crippen molar-refractivity contribution >= 4 is 21.7 Å². The summed E-state index contributed by atoms with van der Waals surface area (Å²) in [7, 11) is 0. The fourth-order valence-corrected chi connectivity index (χ4v) is 5.85. The first-order valence-corrected chi connectivity index (χ1v) is 8.86. The lowest BCUT2D eigenvalue weighted by molar-refractivity contribution is -0.135. The van der Waals surface area contributed by atoms with E-state index in [1.807, 2.05) is 0 Å². The van der Waals surface area contributed by atoms with Gasteiger partial charge in [-0.3, -0.25) is 4.79 Å². The van der Waals surface area contributed by atoms with Crippen LogP contribution < -0.4 is 0 Å². The van der Waals surface area contributed by atoms with Gasteiger partial charge >= 0.3 is 0 Å². The number of ketones is 1. The molecule has 0 N–H and O–H groups in total. The molecule has 0 spiro atoms. The molecule has 0 unspecified atom stereocenters. The van der Waals surface area contributed by atoms with Crippen LogP contribution in [0.3, 0.4) is 0 Å². The molecule has 0 saturated heterocycles. The molecule has 112 valence electrons. The van der Waals surface area contributed by atoms with Gasteiger partial charge in [0.05, 0.1) is 4.47 Å². The Morgan fingerprint density at radius 1 is 1.10 bits per heavy atom. The van der Waals surface area contributed by atoms with Crippen molar-refractivity contribution in [3.63, 3.8) is 0 Å². The largest absolute Gasteiger partial charge is 0.299 e. The van der Waals surface area contributed by atoms with Crippen molar-refractivity contribution < 1.29 is 9.18 Å². The second-order valence-electron chi connectivity index (χ2n) is 7.35. The van der Waals surface area contributed by atoms with Gasteiger partial charge in [-0.05, 0) is 89.4 Å². The normalized spacial score (nSPS) is 37.0. The zero-order chi connectivity index (χ0) is 14.6. The Bertz CT molecular complexity index is 555. The molecule has 4 fully saturated rings. The molecule has 1 aromatic rings. The van der Waals surface area contributed by atoms with Crippen LogP contribution in [0.5, 0.6) is 0 Å². The molecular formula is C18H20BrFO. The van der Waals surface area contributed by atoms with Gasteiger partial charge < -0.3 is 0 Å². The molecule has 0 radical (unpaired) electrons. The number of carbonyl (C=O) groups excluding carboxylic acids is 1. The van der Waals surface area contributed by atoms with Crippen LogP contribution in [0.15, 0.2) is 22.7 Å². The van der Waals surface area contributed by atoms with Crippen LogP contribution in [0.4, 0.5) is 4.39 Å². The highest BCUT2D eigenvalue weighted by Gasteiger charge is 2.50. The van der Waals surface area contributed by atoms with Crippen molar-refractivity contribution in [2.24, 2.45) is 29.6 Å². The number of hydrogen-bond acceptors (Lipinski definition) is 1. The Hall–Kier alpha value is -0.700. The first-order valence-electron chi connectivity index (χ1n) is 8.07. The summed E-state index contributed by atoms with van der Waals surface area (Å²) in [5, 5.41) is 0. The predicted octanol–water partition coefficient (Wildman–Crippen LogP) is 4.77. The average Bonchev–Trinajstić information content (AvgIpc) is 2.41. The van der Waals surface area contributed by atoms with E-state index in [1.165, 1.54) is 38.2 Å². The molecule has 3 heteroatoms. The molecule has 4 saturated carbocycles. The molecule has 21 heavy (non-hydrogen) atoms. The molecule has 0 amide bonds. The number of Topliss-reactive ketones (excluding diaryl/α,β-unsaturated/α-hetero) is 1. The Kier molecular flexibility index (Phi) is 3.44. The van der Waals surface area contributed by atoms with E-state index >= 15 is 0 Å². The van der Waals surface area contributed by atoms with Gasteiger partial charge in [-0.2, -0.15) is 0 Å². The SMILES string of the molecule is O=C(Cc1ccc(F)c(Br)c1)C1C2CC3CC(C2)CC1C3. The second kappa shape index (κ2) is 5.19. The molecule has 4 aliphatic carbocycles. The van der Waals surface area contributed by atoms with Crippen molar-refractivity contribution in [3.05, 3.63) is 34.1 Å². The topological polar surface area (TPSA) is 17.1 Å². The maximum absolute atomic E-state index is 13.3. The van der Waals surface area contributed by atoms with E-state index < -0.39 is 0 Å². The third-order valence-corrected chi connectivity index (χ3v) is 6.57. The summed E-state index contributed by atoms with van der Waals surface area (Å²) in [5.41, 5.74) is 0.932. The van der Waals surface area contributed by atoms with E-state index in [2.05, 4.69) is 15.9 Å². The van der Waals surface area contributed by atoms with Crippen LogP contribution in [0.25, 0.3) is 0 Å². The molecule has 4 bridgehead atoms. The lowest BCUT2D eigenvalue weighted by Gasteiger charge is -2.53. The monoisotopic (exact) mass is 350 g/mol. The first-order chi connectivity index (χ1) is 10.1. The van der Waals surface area contributed by atoms with E-state index in [0.29, 0.717) is 28.5 Å². The highest BCUT2D eigenvalue weighted by Crippen LogP contribution is 2.56. The quantitative estimate of drug-likeness (QED) is 0.767. The summed E-state index contributed by atoms with van der Waals surface area (Å²) in [6.07, 6.45) is 6.98. The Morgan fingerprint density at radius 3 is 2.29 bits per heavy atom. The minimum Gasteiger partial charge on any atom is -0.299 e. The summed E-state index contributed by atoms with van der Waals surface area (Å²) >= 11 is 3.21. The number of rotatable bonds is 3. The van der Waals surface area contributed by atoms with Gasteiger partial charge in [-0.25, -0.2) is 4.39 Å². The molecule has 0 aliphatic heterocycles.